The number of imidazole rings is 1. The molecule has 13 heteroatoms. The molecule has 4 aromatic rings. The second kappa shape index (κ2) is 11.8. The fourth-order valence-electron chi connectivity index (χ4n) is 6.62. The monoisotopic (exact) mass is 614 g/mol. The van der Waals surface area contributed by atoms with Gasteiger partial charge >= 0.3 is 6.09 Å². The van der Waals surface area contributed by atoms with Crippen molar-refractivity contribution in [3.8, 4) is 11.5 Å². The van der Waals surface area contributed by atoms with Gasteiger partial charge < -0.3 is 30.2 Å². The van der Waals surface area contributed by atoms with Gasteiger partial charge in [-0.1, -0.05) is 13.8 Å². The molecule has 0 aliphatic carbocycles. The Bertz CT molecular complexity index is 1720. The number of alkyl halides is 2. The molecule has 0 saturated carbocycles. The van der Waals surface area contributed by atoms with Crippen molar-refractivity contribution < 1.29 is 32.3 Å². The van der Waals surface area contributed by atoms with Gasteiger partial charge in [-0.25, -0.2) is 27.3 Å². The number of halogens is 4. The van der Waals surface area contributed by atoms with Crippen LogP contribution < -0.4 is 10.6 Å². The fraction of sp³-hybridized carbons (Fsp3) is 0.452. The Kier molecular flexibility index (Phi) is 7.99. The summed E-state index contributed by atoms with van der Waals surface area (Å²) in [4.78, 5) is 34.4. The highest BCUT2D eigenvalue weighted by Crippen LogP contribution is 2.36. The number of nitrogens with zero attached hydrogens (tertiary/aromatic N) is 3. The number of aromatic nitrogens is 3. The zero-order chi connectivity index (χ0) is 31.3. The van der Waals surface area contributed by atoms with Crippen LogP contribution >= 0.6 is 0 Å². The van der Waals surface area contributed by atoms with Crippen molar-refractivity contribution in [2.75, 3.05) is 13.1 Å². The zero-order valence-electron chi connectivity index (χ0n) is 24.3. The molecule has 44 heavy (non-hydrogen) atoms. The normalized spacial score (nSPS) is 22.8. The largest absolute Gasteiger partial charge is 0.465 e. The van der Waals surface area contributed by atoms with Crippen molar-refractivity contribution in [3.05, 3.63) is 53.6 Å². The van der Waals surface area contributed by atoms with Gasteiger partial charge in [-0.3, -0.25) is 4.79 Å². The van der Waals surface area contributed by atoms with Crippen molar-refractivity contribution in [1.29, 1.82) is 0 Å². The number of carboxylic acid groups (broad SMARTS) is 1. The molecule has 2 aliphatic rings. The van der Waals surface area contributed by atoms with Crippen LogP contribution in [0.5, 0.6) is 0 Å². The average molecular weight is 615 g/mol. The van der Waals surface area contributed by atoms with Crippen molar-refractivity contribution in [2.45, 2.75) is 70.1 Å². The minimum Gasteiger partial charge on any atom is -0.465 e. The van der Waals surface area contributed by atoms with Gasteiger partial charge in [0.25, 0.3) is 0 Å². The van der Waals surface area contributed by atoms with E-state index in [9.17, 15) is 32.3 Å². The summed E-state index contributed by atoms with van der Waals surface area (Å²) in [7, 11) is 0. The summed E-state index contributed by atoms with van der Waals surface area (Å²) >= 11 is 0. The van der Waals surface area contributed by atoms with E-state index in [-0.39, 0.29) is 38.0 Å². The van der Waals surface area contributed by atoms with Crippen molar-refractivity contribution in [2.24, 2.45) is 5.92 Å². The van der Waals surface area contributed by atoms with E-state index in [2.05, 4.69) is 15.6 Å². The maximum atomic E-state index is 14.9. The molecule has 0 radical (unpaired) electrons. The molecule has 4 heterocycles. The summed E-state index contributed by atoms with van der Waals surface area (Å²) in [5.41, 5.74) is 2.69. The third-order valence-electron chi connectivity index (χ3n) is 8.67. The van der Waals surface area contributed by atoms with Crippen LogP contribution in [0.25, 0.3) is 33.5 Å². The Morgan fingerprint density at radius 3 is 2.55 bits per heavy atom. The van der Waals surface area contributed by atoms with Gasteiger partial charge in [0.15, 0.2) is 5.82 Å². The number of carbonyl (C=O) groups is 2. The Hall–Kier alpha value is -4.13. The summed E-state index contributed by atoms with van der Waals surface area (Å²) < 4.78 is 59.5. The zero-order valence-corrected chi connectivity index (χ0v) is 24.3. The lowest BCUT2D eigenvalue weighted by Crippen LogP contribution is -2.53. The molecule has 2 saturated heterocycles. The lowest BCUT2D eigenvalue weighted by Gasteiger charge is -2.30. The molecule has 2 aliphatic heterocycles. The fourth-order valence-corrected chi connectivity index (χ4v) is 6.62. The predicted molar refractivity (Wildman–Crippen MR) is 157 cm³/mol. The van der Waals surface area contributed by atoms with Gasteiger partial charge in [-0.2, -0.15) is 0 Å². The smallest absolute Gasteiger partial charge is 0.405 e. The number of fused-ring (bicyclic) bond motifs is 2. The molecule has 9 nitrogen and oxygen atoms in total. The maximum Gasteiger partial charge on any atom is 0.405 e. The second-order valence-electron chi connectivity index (χ2n) is 12.1. The van der Waals surface area contributed by atoms with Crippen LogP contribution in [-0.4, -0.2) is 80.1 Å². The third kappa shape index (κ3) is 5.72. The third-order valence-corrected chi connectivity index (χ3v) is 8.67. The topological polar surface area (TPSA) is 115 Å². The van der Waals surface area contributed by atoms with Crippen LogP contribution in [0, 0.1) is 17.6 Å². The molecule has 0 spiro atoms. The van der Waals surface area contributed by atoms with E-state index >= 15 is 0 Å². The first-order valence-electron chi connectivity index (χ1n) is 14.8. The number of rotatable bonds is 8. The molecular formula is C31H34F4N6O3. The Labute approximate surface area is 250 Å². The second-order valence-corrected chi connectivity index (χ2v) is 12.1. The van der Waals surface area contributed by atoms with Gasteiger partial charge in [0, 0.05) is 42.5 Å². The number of aromatic amines is 1. The lowest BCUT2D eigenvalue weighted by atomic mass is 10.0. The molecule has 2 aromatic heterocycles. The van der Waals surface area contributed by atoms with E-state index < -0.39 is 48.1 Å². The molecular weight excluding hydrogens is 580 g/mol. The van der Waals surface area contributed by atoms with E-state index in [1.807, 2.05) is 0 Å². The molecule has 0 bridgehead atoms. The number of hydrogen-bond acceptors (Lipinski definition) is 4. The molecule has 4 N–H and O–H groups in total. The molecule has 5 atom stereocenters. The van der Waals surface area contributed by atoms with Crippen LogP contribution in [0.1, 0.15) is 32.3 Å². The first-order valence-corrected chi connectivity index (χ1v) is 14.8. The van der Waals surface area contributed by atoms with Crippen LogP contribution in [-0.2, 0) is 17.8 Å². The summed E-state index contributed by atoms with van der Waals surface area (Å²) in [6, 6.07) is 6.59. The van der Waals surface area contributed by atoms with Gasteiger partial charge in [-0.15, -0.1) is 0 Å². The molecule has 2 aromatic carbocycles. The number of hydrogen-bond donors (Lipinski definition) is 4. The number of nitrogens with one attached hydrogen (secondary N) is 3. The predicted octanol–water partition coefficient (Wildman–Crippen LogP) is 4.94. The molecule has 2 fully saturated rings. The molecule has 2 amide bonds. The first kappa shape index (κ1) is 29.9. The quantitative estimate of drug-likeness (QED) is 0.210. The standard InChI is InChI=1S/C31H34F4N6O3/c1-15(2)27(39-31(43)44)30(42)40-13-19(35)8-21(40)14-41-26-6-4-17(33)10-25(26)38-29(41)28-23(11-20-7-18(34)12-36-20)22-5-3-16(32)9-24(22)37-28/h3-6,9-10,15,18-21,27,36-37,39H,7-8,11-14H2,1-2H3,(H,43,44)/t18-,19-,20-,21-,27?/m0/s1. The summed E-state index contributed by atoms with van der Waals surface area (Å²) in [5.74, 6) is -1.48. The van der Waals surface area contributed by atoms with Crippen LogP contribution in [0.15, 0.2) is 36.4 Å². The summed E-state index contributed by atoms with van der Waals surface area (Å²) in [6.45, 7) is 3.53. The van der Waals surface area contributed by atoms with Crippen molar-refractivity contribution in [1.82, 2.24) is 30.1 Å². The van der Waals surface area contributed by atoms with Gasteiger partial charge in [0.05, 0.1) is 29.3 Å². The number of amides is 2. The highest BCUT2D eigenvalue weighted by molar-refractivity contribution is 5.92. The van der Waals surface area contributed by atoms with Crippen molar-refractivity contribution in [3.63, 3.8) is 0 Å². The molecule has 234 valence electrons. The first-order chi connectivity index (χ1) is 21.0. The van der Waals surface area contributed by atoms with Gasteiger partial charge in [-0.05, 0) is 54.7 Å². The van der Waals surface area contributed by atoms with Crippen LogP contribution in [0.3, 0.4) is 0 Å². The van der Waals surface area contributed by atoms with Crippen LogP contribution in [0.2, 0.25) is 0 Å². The van der Waals surface area contributed by atoms with Crippen molar-refractivity contribution >= 4 is 33.9 Å². The Morgan fingerprint density at radius 2 is 1.84 bits per heavy atom. The minimum absolute atomic E-state index is 0.0125. The highest BCUT2D eigenvalue weighted by atomic mass is 19.1. The number of likely N-dealkylation sites (tertiary alicyclic amines) is 1. The van der Waals surface area contributed by atoms with Gasteiger partial charge in [0.1, 0.15) is 30.0 Å². The molecule has 1 unspecified atom stereocenters. The Morgan fingerprint density at radius 1 is 1.09 bits per heavy atom. The Balaban J connectivity index is 1.45. The number of carbonyl (C=O) groups excluding carboxylic acids is 1. The van der Waals surface area contributed by atoms with E-state index in [0.717, 1.165) is 10.9 Å². The van der Waals surface area contributed by atoms with E-state index in [0.29, 0.717) is 40.9 Å². The average Bonchev–Trinajstić information content (AvgIpc) is 3.72. The summed E-state index contributed by atoms with van der Waals surface area (Å²) in [5, 5.41) is 15.5. The highest BCUT2D eigenvalue weighted by Gasteiger charge is 2.40. The van der Waals surface area contributed by atoms with E-state index in [1.54, 1.807) is 30.5 Å². The molecule has 6 rings (SSSR count). The number of H-pyrrole nitrogens is 1. The van der Waals surface area contributed by atoms with Gasteiger partial charge in [0.2, 0.25) is 5.91 Å². The summed E-state index contributed by atoms with van der Waals surface area (Å²) in [6.07, 6.45) is -2.93. The minimum atomic E-state index is -1.35. The maximum absolute atomic E-state index is 14.9. The SMILES string of the molecule is CC(C)C(NC(=O)O)C(=O)N1C[C@@H](F)C[C@H]1Cn1c(-c2[nH]c3cc(F)ccc3c2C[C@@H]2C[C@H](F)CN2)nc2cc(F)ccc21. The number of benzene rings is 2. The lowest BCUT2D eigenvalue weighted by molar-refractivity contribution is -0.135. The van der Waals surface area contributed by atoms with Crippen LogP contribution in [0.4, 0.5) is 22.4 Å². The van der Waals surface area contributed by atoms with E-state index in [1.165, 1.54) is 29.2 Å². The van der Waals surface area contributed by atoms with E-state index in [4.69, 9.17) is 4.98 Å².